The van der Waals surface area contributed by atoms with Crippen LogP contribution in [0, 0.1) is 0 Å². The Bertz CT molecular complexity index is 1710. The van der Waals surface area contributed by atoms with Crippen molar-refractivity contribution in [2.45, 2.75) is 213 Å². The molecule has 0 saturated carbocycles. The Labute approximate surface area is 453 Å². The number of hydrogen-bond donors (Lipinski definition) is 0. The zero-order valence-electron chi connectivity index (χ0n) is 47.5. The first-order valence-electron chi connectivity index (χ1n) is 28.9. The summed E-state index contributed by atoms with van der Waals surface area (Å²) in [5, 5.41) is 0. The monoisotopic (exact) mass is 1050 g/mol. The van der Waals surface area contributed by atoms with Crippen LogP contribution in [0.25, 0.3) is 0 Å². The number of quaternary nitrogens is 1. The van der Waals surface area contributed by atoms with E-state index < -0.39 is 32.5 Å². The number of phosphoric acid groups is 1. The molecule has 0 amide bonds. The third kappa shape index (κ3) is 57.4. The summed E-state index contributed by atoms with van der Waals surface area (Å²) in [7, 11) is 1.12. The van der Waals surface area contributed by atoms with Crippen LogP contribution in [0.4, 0.5) is 0 Å². The Kier molecular flexibility index (Phi) is 51.2. The normalized spacial score (nSPS) is 14.3. The summed E-state index contributed by atoms with van der Waals surface area (Å²) in [6.45, 7) is 4.05. The molecule has 0 aromatic carbocycles. The number of carbonyl (C=O) groups is 2. The molecule has 0 N–H and O–H groups in total. The molecule has 0 aromatic rings. The molecule has 2 atom stereocenters. The number of ether oxygens (including phenoxy) is 2. The zero-order valence-corrected chi connectivity index (χ0v) is 48.4. The molecule has 2 unspecified atom stereocenters. The Morgan fingerprint density at radius 2 is 0.770 bits per heavy atom. The molecule has 0 radical (unpaired) electrons. The van der Waals surface area contributed by atoms with Crippen LogP contribution in [0.2, 0.25) is 0 Å². The van der Waals surface area contributed by atoms with Gasteiger partial charge in [0.15, 0.2) is 6.10 Å². The number of esters is 2. The van der Waals surface area contributed by atoms with Crippen LogP contribution in [-0.2, 0) is 32.7 Å². The Morgan fingerprint density at radius 3 is 1.15 bits per heavy atom. The molecule has 0 aliphatic rings. The lowest BCUT2D eigenvalue weighted by molar-refractivity contribution is -0.870. The van der Waals surface area contributed by atoms with Gasteiger partial charge in [-0.15, -0.1) is 0 Å². The second kappa shape index (κ2) is 54.0. The fourth-order valence-electron chi connectivity index (χ4n) is 7.21. The van der Waals surface area contributed by atoms with Gasteiger partial charge in [0.25, 0.3) is 7.82 Å². The third-order valence-electron chi connectivity index (χ3n) is 11.7. The predicted octanol–water partition coefficient (Wildman–Crippen LogP) is 17.5. The highest BCUT2D eigenvalue weighted by Crippen LogP contribution is 2.38. The number of carbonyl (C=O) groups excluding carboxylic acids is 2. The molecule has 0 spiro atoms. The Balaban J connectivity index is 4.32. The highest BCUT2D eigenvalue weighted by molar-refractivity contribution is 7.45. The first kappa shape index (κ1) is 70.1. The summed E-state index contributed by atoms with van der Waals surface area (Å²) in [6, 6.07) is 0. The van der Waals surface area contributed by atoms with Crippen molar-refractivity contribution < 1.29 is 42.1 Å². The molecular weight excluding hydrogens is 942 g/mol. The predicted molar refractivity (Wildman–Crippen MR) is 314 cm³/mol. The summed E-state index contributed by atoms with van der Waals surface area (Å²) in [5.74, 6) is -0.888. The lowest BCUT2D eigenvalue weighted by Gasteiger charge is -2.28. The van der Waals surface area contributed by atoms with Gasteiger partial charge in [0.1, 0.15) is 19.8 Å². The Hall–Kier alpha value is -3.85. The second-order valence-corrected chi connectivity index (χ2v) is 21.3. The van der Waals surface area contributed by atoms with Crippen LogP contribution in [0.3, 0.4) is 0 Å². The van der Waals surface area contributed by atoms with Gasteiger partial charge < -0.3 is 27.9 Å². The molecule has 0 aliphatic carbocycles. The molecule has 74 heavy (non-hydrogen) atoms. The van der Waals surface area contributed by atoms with Gasteiger partial charge in [-0.25, -0.2) is 0 Å². The molecule has 0 heterocycles. The van der Waals surface area contributed by atoms with Gasteiger partial charge in [0.05, 0.1) is 27.7 Å². The van der Waals surface area contributed by atoms with E-state index in [1.165, 1.54) is 38.5 Å². The van der Waals surface area contributed by atoms with Crippen molar-refractivity contribution in [2.24, 2.45) is 0 Å². The molecule has 0 saturated heterocycles. The molecule has 9 nitrogen and oxygen atoms in total. The largest absolute Gasteiger partial charge is 0.756 e. The molecule has 10 heteroatoms. The third-order valence-corrected chi connectivity index (χ3v) is 12.6. The number of phosphoric ester groups is 1. The number of allylic oxidation sites excluding steroid dienone is 22. The van der Waals surface area contributed by atoms with Gasteiger partial charge in [0, 0.05) is 12.8 Å². The minimum atomic E-state index is -4.66. The fourth-order valence-corrected chi connectivity index (χ4v) is 7.93. The number of unbranched alkanes of at least 4 members (excludes halogenated alkanes) is 15. The maximum atomic E-state index is 12.8. The van der Waals surface area contributed by atoms with Gasteiger partial charge >= 0.3 is 11.9 Å². The van der Waals surface area contributed by atoms with E-state index in [1.54, 1.807) is 0 Å². The lowest BCUT2D eigenvalue weighted by Crippen LogP contribution is -2.37. The maximum Gasteiger partial charge on any atom is 0.306 e. The van der Waals surface area contributed by atoms with Crippen molar-refractivity contribution in [2.75, 3.05) is 47.5 Å². The molecular formula is C64H106NO8P. The van der Waals surface area contributed by atoms with Crippen LogP contribution in [0.1, 0.15) is 206 Å². The summed E-state index contributed by atoms with van der Waals surface area (Å²) in [5.41, 5.74) is 0. The van der Waals surface area contributed by atoms with E-state index in [1.807, 2.05) is 21.1 Å². The van der Waals surface area contributed by atoms with Gasteiger partial charge in [-0.05, 0) is 116 Å². The van der Waals surface area contributed by atoms with E-state index in [-0.39, 0.29) is 26.1 Å². The highest BCUT2D eigenvalue weighted by Gasteiger charge is 2.21. The summed E-state index contributed by atoms with van der Waals surface area (Å²) >= 11 is 0. The van der Waals surface area contributed by atoms with E-state index >= 15 is 0 Å². The molecule has 0 aliphatic heterocycles. The van der Waals surface area contributed by atoms with Crippen LogP contribution in [-0.4, -0.2) is 70.0 Å². The van der Waals surface area contributed by atoms with Gasteiger partial charge in [-0.1, -0.05) is 212 Å². The number of rotatable bonds is 51. The van der Waals surface area contributed by atoms with Gasteiger partial charge in [0.2, 0.25) is 0 Å². The van der Waals surface area contributed by atoms with Crippen molar-refractivity contribution >= 4 is 19.8 Å². The number of nitrogens with zero attached hydrogens (tertiary/aromatic N) is 1. The smallest absolute Gasteiger partial charge is 0.306 e. The molecule has 420 valence electrons. The van der Waals surface area contributed by atoms with E-state index in [9.17, 15) is 19.0 Å². The van der Waals surface area contributed by atoms with E-state index in [0.717, 1.165) is 128 Å². The standard InChI is InChI=1S/C64H106NO8P/c1-6-8-10-12-14-16-18-20-22-24-26-28-29-30-31-32-33-34-35-37-39-41-43-45-47-49-51-53-55-57-64(67)73-62(61-72-74(68,69)71-59-58-65(3,4)5)60-70-63(66)56-54-52-50-48-46-44-42-40-38-36-27-25-23-21-19-17-15-13-11-9-7-2/h8,10,14,16,19-22,25-28,30-31,33-34,37-40,43,45,62H,6-7,9,11-13,15,17-18,23-24,29,32,35-36,41-42,44,46-61H2,1-5H3/b10-8-,16-14-,21-19-,22-20-,27-25-,28-26-,31-30-,34-33-,39-37-,40-38-,45-43-. The second-order valence-electron chi connectivity index (χ2n) is 19.9. The minimum absolute atomic E-state index is 0.0467. The average molecular weight is 1050 g/mol. The van der Waals surface area contributed by atoms with E-state index in [0.29, 0.717) is 23.9 Å². The van der Waals surface area contributed by atoms with Gasteiger partial charge in [-0.2, -0.15) is 0 Å². The molecule has 0 fully saturated rings. The molecule has 0 rings (SSSR count). The highest BCUT2D eigenvalue weighted by atomic mass is 31.2. The van der Waals surface area contributed by atoms with Crippen molar-refractivity contribution in [3.8, 4) is 0 Å². The first-order chi connectivity index (χ1) is 36.0. The lowest BCUT2D eigenvalue weighted by atomic mass is 10.1. The molecule has 0 aromatic heterocycles. The minimum Gasteiger partial charge on any atom is -0.756 e. The summed E-state index contributed by atoms with van der Waals surface area (Å²) in [6.07, 6.45) is 77.7. The van der Waals surface area contributed by atoms with Crippen LogP contribution >= 0.6 is 7.82 Å². The van der Waals surface area contributed by atoms with Crippen LogP contribution in [0.5, 0.6) is 0 Å². The van der Waals surface area contributed by atoms with Crippen molar-refractivity contribution in [3.63, 3.8) is 0 Å². The van der Waals surface area contributed by atoms with Crippen molar-refractivity contribution in [1.29, 1.82) is 0 Å². The van der Waals surface area contributed by atoms with Crippen LogP contribution in [0.15, 0.2) is 134 Å². The van der Waals surface area contributed by atoms with E-state index in [4.69, 9.17) is 18.5 Å². The van der Waals surface area contributed by atoms with E-state index in [2.05, 4.69) is 148 Å². The SMILES string of the molecule is CC/C=C\C/C=C\C/C=C\C/C=C\C/C=C\C/C=C\C/C=C\C/C=C\CCCCCCC(=O)OC(COC(=O)CCCCCCCC/C=C\C/C=C\C/C=C\CCCCCCC)COP(=O)([O-])OCC[N+](C)(C)C. The maximum absolute atomic E-state index is 12.8. The number of hydrogen-bond acceptors (Lipinski definition) is 8. The fraction of sp³-hybridized carbons (Fsp3) is 0.625. The van der Waals surface area contributed by atoms with Crippen molar-refractivity contribution in [3.05, 3.63) is 134 Å². The zero-order chi connectivity index (χ0) is 54.2. The van der Waals surface area contributed by atoms with Gasteiger partial charge in [-0.3, -0.25) is 14.2 Å². The first-order valence-corrected chi connectivity index (χ1v) is 30.4. The topological polar surface area (TPSA) is 111 Å². The summed E-state index contributed by atoms with van der Waals surface area (Å²) < 4.78 is 34.1. The summed E-state index contributed by atoms with van der Waals surface area (Å²) in [4.78, 5) is 37.9. The van der Waals surface area contributed by atoms with Crippen LogP contribution < -0.4 is 4.89 Å². The molecule has 0 bridgehead atoms. The Morgan fingerprint density at radius 1 is 0.432 bits per heavy atom. The number of likely N-dealkylation sites (N-methyl/N-ethyl adjacent to an activating group) is 1. The van der Waals surface area contributed by atoms with Crippen molar-refractivity contribution in [1.82, 2.24) is 0 Å². The quantitative estimate of drug-likeness (QED) is 0.0195. The average Bonchev–Trinajstić information content (AvgIpc) is 3.36.